The fraction of sp³-hybridized carbons (Fsp3) is 0. The molecule has 0 aliphatic heterocycles. The van der Waals surface area contributed by atoms with E-state index < -0.39 is 11.8 Å². The summed E-state index contributed by atoms with van der Waals surface area (Å²) >= 11 is 0. The van der Waals surface area contributed by atoms with Crippen LogP contribution in [0.25, 0.3) is 10.8 Å². The van der Waals surface area contributed by atoms with E-state index in [4.69, 9.17) is 5.26 Å². The number of aromatic hydroxyl groups is 2. The van der Waals surface area contributed by atoms with Gasteiger partial charge in [0.2, 0.25) is 0 Å². The zero-order valence-corrected chi connectivity index (χ0v) is 17.7. The molecule has 4 N–H and O–H groups in total. The zero-order chi connectivity index (χ0) is 24.1. The molecule has 8 heteroatoms. The van der Waals surface area contributed by atoms with Crippen LogP contribution >= 0.6 is 0 Å². The van der Waals surface area contributed by atoms with Crippen molar-refractivity contribution in [1.82, 2.24) is 5.43 Å². The molecular weight excluding hydrogens is 432 g/mol. The lowest BCUT2D eigenvalue weighted by Gasteiger charge is -2.11. The number of nitrogens with zero attached hydrogens (tertiary/aromatic N) is 2. The Bertz CT molecular complexity index is 1490. The summed E-state index contributed by atoms with van der Waals surface area (Å²) in [6, 6.07) is 22.8. The number of carbonyl (C=O) groups is 2. The van der Waals surface area contributed by atoms with Crippen LogP contribution in [-0.2, 0) is 0 Å². The first-order chi connectivity index (χ1) is 16.5. The van der Waals surface area contributed by atoms with Gasteiger partial charge in [-0.3, -0.25) is 9.59 Å². The maximum Gasteiger partial charge on any atom is 0.271 e. The highest BCUT2D eigenvalue weighted by Gasteiger charge is 2.13. The number of para-hydroxylation sites is 1. The third-order valence-corrected chi connectivity index (χ3v) is 5.10. The molecule has 0 aliphatic carbocycles. The molecule has 0 atom stereocenters. The lowest BCUT2D eigenvalue weighted by atomic mass is 10.0. The maximum absolute atomic E-state index is 12.6. The number of amides is 2. The number of phenolic OH excluding ortho intramolecular Hbond substituents is 2. The first-order valence-corrected chi connectivity index (χ1v) is 10.2. The molecule has 0 saturated heterocycles. The van der Waals surface area contributed by atoms with Crippen molar-refractivity contribution in [3.63, 3.8) is 0 Å². The molecule has 4 rings (SSSR count). The van der Waals surface area contributed by atoms with Crippen LogP contribution in [0.2, 0.25) is 0 Å². The van der Waals surface area contributed by atoms with E-state index in [2.05, 4.69) is 15.8 Å². The van der Waals surface area contributed by atoms with Crippen LogP contribution in [0.1, 0.15) is 31.8 Å². The summed E-state index contributed by atoms with van der Waals surface area (Å²) in [5.41, 5.74) is 3.98. The number of carbonyl (C=O) groups excluding carboxylic acids is 2. The number of hydrazone groups is 1. The van der Waals surface area contributed by atoms with E-state index >= 15 is 0 Å². The molecule has 2 amide bonds. The minimum atomic E-state index is -0.538. The molecule has 0 bridgehead atoms. The largest absolute Gasteiger partial charge is 0.507 e. The van der Waals surface area contributed by atoms with Gasteiger partial charge < -0.3 is 15.5 Å². The van der Waals surface area contributed by atoms with Crippen LogP contribution < -0.4 is 10.7 Å². The predicted octanol–water partition coefficient (Wildman–Crippen LogP) is 4.14. The summed E-state index contributed by atoms with van der Waals surface area (Å²) in [5, 5.41) is 36.9. The second kappa shape index (κ2) is 9.54. The summed E-state index contributed by atoms with van der Waals surface area (Å²) < 4.78 is 0. The molecule has 8 nitrogen and oxygen atoms in total. The standard InChI is InChI=1S/C26H18N4O4/c27-14-18-13-16(10-12-23(18)31)25(33)30-28-15-17-9-11-22(20-6-2-1-5-19(17)20)29-26(34)21-7-3-4-8-24(21)32/h1-13,15,31-32H,(H,29,34)(H,30,33)/b28-15+. The van der Waals surface area contributed by atoms with Gasteiger partial charge >= 0.3 is 0 Å². The van der Waals surface area contributed by atoms with Crippen LogP contribution in [0.4, 0.5) is 5.69 Å². The lowest BCUT2D eigenvalue weighted by molar-refractivity contribution is 0.0954. The van der Waals surface area contributed by atoms with Crippen LogP contribution in [0, 0.1) is 11.3 Å². The molecule has 0 radical (unpaired) electrons. The molecule has 0 spiro atoms. The van der Waals surface area contributed by atoms with Crippen molar-refractivity contribution in [2.75, 3.05) is 5.32 Å². The molecule has 0 heterocycles. The van der Waals surface area contributed by atoms with Crippen molar-refractivity contribution in [1.29, 1.82) is 5.26 Å². The van der Waals surface area contributed by atoms with Crippen molar-refractivity contribution in [3.05, 3.63) is 101 Å². The highest BCUT2D eigenvalue weighted by Crippen LogP contribution is 2.27. The van der Waals surface area contributed by atoms with Gasteiger partial charge in [-0.2, -0.15) is 10.4 Å². The number of benzene rings is 4. The molecular formula is C26H18N4O4. The van der Waals surface area contributed by atoms with Gasteiger partial charge in [0.1, 0.15) is 17.6 Å². The molecule has 4 aromatic carbocycles. The van der Waals surface area contributed by atoms with E-state index in [1.807, 2.05) is 30.3 Å². The lowest BCUT2D eigenvalue weighted by Crippen LogP contribution is -2.17. The highest BCUT2D eigenvalue weighted by molar-refractivity contribution is 6.12. The summed E-state index contributed by atoms with van der Waals surface area (Å²) in [7, 11) is 0. The fourth-order valence-corrected chi connectivity index (χ4v) is 3.39. The van der Waals surface area contributed by atoms with Gasteiger partial charge in [0.15, 0.2) is 0 Å². The van der Waals surface area contributed by atoms with Gasteiger partial charge in [-0.15, -0.1) is 0 Å². The Hall–Kier alpha value is -5.16. The molecule has 0 aliphatic rings. The molecule has 0 saturated carbocycles. The monoisotopic (exact) mass is 450 g/mol. The number of fused-ring (bicyclic) bond motifs is 1. The highest BCUT2D eigenvalue weighted by atomic mass is 16.3. The van der Waals surface area contributed by atoms with Gasteiger partial charge in [-0.25, -0.2) is 5.43 Å². The van der Waals surface area contributed by atoms with Gasteiger partial charge in [-0.05, 0) is 41.8 Å². The summed E-state index contributed by atoms with van der Waals surface area (Å²) in [5.74, 6) is -1.30. The minimum absolute atomic E-state index is 0.0101. The molecule has 0 aromatic heterocycles. The minimum Gasteiger partial charge on any atom is -0.507 e. The second-order valence-electron chi connectivity index (χ2n) is 7.26. The number of rotatable bonds is 5. The van der Waals surface area contributed by atoms with Gasteiger partial charge in [0, 0.05) is 22.2 Å². The number of hydrogen-bond acceptors (Lipinski definition) is 6. The van der Waals surface area contributed by atoms with E-state index in [0.717, 1.165) is 10.8 Å². The van der Waals surface area contributed by atoms with Gasteiger partial charge in [0.25, 0.3) is 11.8 Å². The smallest absolute Gasteiger partial charge is 0.271 e. The first kappa shape index (κ1) is 22.0. The summed E-state index contributed by atoms with van der Waals surface area (Å²) in [6.45, 7) is 0. The van der Waals surface area contributed by atoms with Crippen LogP contribution in [0.3, 0.4) is 0 Å². The van der Waals surface area contributed by atoms with Crippen molar-refractivity contribution in [2.24, 2.45) is 5.10 Å². The Morgan fingerprint density at radius 1 is 0.853 bits per heavy atom. The Balaban J connectivity index is 1.56. The third kappa shape index (κ3) is 4.54. The molecule has 166 valence electrons. The number of anilines is 1. The van der Waals surface area contributed by atoms with E-state index in [9.17, 15) is 19.8 Å². The van der Waals surface area contributed by atoms with Crippen molar-refractivity contribution in [2.45, 2.75) is 0 Å². The predicted molar refractivity (Wildman–Crippen MR) is 128 cm³/mol. The molecule has 4 aromatic rings. The van der Waals surface area contributed by atoms with Crippen molar-refractivity contribution < 1.29 is 19.8 Å². The Labute approximate surface area is 194 Å². The number of nitrogens with one attached hydrogen (secondary N) is 2. The van der Waals surface area contributed by atoms with E-state index in [1.165, 1.54) is 36.5 Å². The second-order valence-corrected chi connectivity index (χ2v) is 7.26. The molecule has 34 heavy (non-hydrogen) atoms. The topological polar surface area (TPSA) is 135 Å². The maximum atomic E-state index is 12.6. The number of hydrogen-bond donors (Lipinski definition) is 4. The third-order valence-electron chi connectivity index (χ3n) is 5.10. The van der Waals surface area contributed by atoms with Crippen LogP contribution in [-0.4, -0.2) is 28.2 Å². The van der Waals surface area contributed by atoms with Crippen LogP contribution in [0.5, 0.6) is 11.5 Å². The fourth-order valence-electron chi connectivity index (χ4n) is 3.39. The Morgan fingerprint density at radius 2 is 1.59 bits per heavy atom. The van der Waals surface area contributed by atoms with Gasteiger partial charge in [0.05, 0.1) is 17.3 Å². The summed E-state index contributed by atoms with van der Waals surface area (Å²) in [4.78, 5) is 25.0. The Morgan fingerprint density at radius 3 is 2.35 bits per heavy atom. The first-order valence-electron chi connectivity index (χ1n) is 10.2. The van der Waals surface area contributed by atoms with Gasteiger partial charge in [-0.1, -0.05) is 42.5 Å². The van der Waals surface area contributed by atoms with E-state index in [0.29, 0.717) is 11.3 Å². The average Bonchev–Trinajstić information content (AvgIpc) is 2.85. The SMILES string of the molecule is N#Cc1cc(C(=O)N/N=C/c2ccc(NC(=O)c3ccccc3O)c3ccccc23)ccc1O. The van der Waals surface area contributed by atoms with Crippen molar-refractivity contribution in [3.8, 4) is 17.6 Å². The molecule has 0 unspecified atom stereocenters. The average molecular weight is 450 g/mol. The number of nitriles is 1. The quantitative estimate of drug-likeness (QED) is 0.268. The van der Waals surface area contributed by atoms with Crippen molar-refractivity contribution >= 4 is 34.5 Å². The normalized spacial score (nSPS) is 10.7. The zero-order valence-electron chi connectivity index (χ0n) is 17.7. The molecule has 0 fully saturated rings. The van der Waals surface area contributed by atoms with E-state index in [1.54, 1.807) is 24.3 Å². The number of phenols is 2. The van der Waals surface area contributed by atoms with Crippen LogP contribution in [0.15, 0.2) is 84.0 Å². The Kier molecular flexibility index (Phi) is 6.19. The summed E-state index contributed by atoms with van der Waals surface area (Å²) in [6.07, 6.45) is 1.47. The van der Waals surface area contributed by atoms with E-state index in [-0.39, 0.29) is 28.2 Å².